The number of benzene rings is 5. The first-order valence-corrected chi connectivity index (χ1v) is 13.5. The van der Waals surface area contributed by atoms with Crippen molar-refractivity contribution in [1.29, 1.82) is 0 Å². The molecule has 4 heteroatoms. The zero-order valence-corrected chi connectivity index (χ0v) is 22.2. The molecule has 0 atom stereocenters. The zero-order chi connectivity index (χ0) is 26.8. The molecular formula is C36H25N3O. The molecule has 0 amide bonds. The van der Waals surface area contributed by atoms with Gasteiger partial charge in [0.15, 0.2) is 17.5 Å². The number of hydrogen-bond acceptors (Lipinski definition) is 4. The molecule has 4 nitrogen and oxygen atoms in total. The van der Waals surface area contributed by atoms with Crippen LogP contribution >= 0.6 is 0 Å². The normalized spacial score (nSPS) is 13.4. The van der Waals surface area contributed by atoms with Crippen molar-refractivity contribution < 1.29 is 4.42 Å². The van der Waals surface area contributed by atoms with Gasteiger partial charge in [-0.15, -0.1) is 0 Å². The van der Waals surface area contributed by atoms with Crippen LogP contribution in [0.3, 0.4) is 0 Å². The van der Waals surface area contributed by atoms with E-state index < -0.39 is 0 Å². The third-order valence-corrected chi connectivity index (χ3v) is 8.13. The third-order valence-electron chi connectivity index (χ3n) is 8.13. The van der Waals surface area contributed by atoms with Crippen molar-refractivity contribution >= 4 is 21.9 Å². The van der Waals surface area contributed by atoms with Crippen LogP contribution in [0, 0.1) is 0 Å². The minimum Gasteiger partial charge on any atom is -0.456 e. The Bertz CT molecular complexity index is 2020. The molecule has 0 fully saturated rings. The summed E-state index contributed by atoms with van der Waals surface area (Å²) in [5.41, 5.74) is 9.69. The highest BCUT2D eigenvalue weighted by atomic mass is 16.3. The quantitative estimate of drug-likeness (QED) is 0.235. The minimum absolute atomic E-state index is 0.0593. The number of fused-ring (bicyclic) bond motifs is 6. The number of rotatable bonds is 3. The van der Waals surface area contributed by atoms with Crippen LogP contribution in [0.15, 0.2) is 120 Å². The van der Waals surface area contributed by atoms with Gasteiger partial charge in [0, 0.05) is 32.9 Å². The summed E-state index contributed by atoms with van der Waals surface area (Å²) in [5.74, 6) is 1.91. The van der Waals surface area contributed by atoms with Crippen LogP contribution in [0.5, 0.6) is 0 Å². The van der Waals surface area contributed by atoms with E-state index >= 15 is 0 Å². The predicted octanol–water partition coefficient (Wildman–Crippen LogP) is 9.08. The summed E-state index contributed by atoms with van der Waals surface area (Å²) in [6.07, 6.45) is 0. The lowest BCUT2D eigenvalue weighted by atomic mass is 9.82. The molecule has 0 saturated carbocycles. The van der Waals surface area contributed by atoms with E-state index in [1.807, 2.05) is 60.7 Å². The number of hydrogen-bond donors (Lipinski definition) is 0. The molecule has 0 unspecified atom stereocenters. The minimum atomic E-state index is -0.0593. The first-order chi connectivity index (χ1) is 19.6. The van der Waals surface area contributed by atoms with Crippen molar-refractivity contribution in [2.75, 3.05) is 0 Å². The Labute approximate surface area is 232 Å². The fraction of sp³-hybridized carbons (Fsp3) is 0.0833. The molecule has 2 aromatic heterocycles. The summed E-state index contributed by atoms with van der Waals surface area (Å²) in [7, 11) is 0. The summed E-state index contributed by atoms with van der Waals surface area (Å²) in [4.78, 5) is 14.6. The largest absolute Gasteiger partial charge is 0.456 e. The lowest BCUT2D eigenvalue weighted by molar-refractivity contribution is 0.658. The Balaban J connectivity index is 1.30. The fourth-order valence-corrected chi connectivity index (χ4v) is 6.05. The van der Waals surface area contributed by atoms with Gasteiger partial charge in [-0.2, -0.15) is 0 Å². The van der Waals surface area contributed by atoms with E-state index in [0.717, 1.165) is 38.6 Å². The van der Waals surface area contributed by atoms with Crippen LogP contribution < -0.4 is 0 Å². The van der Waals surface area contributed by atoms with Gasteiger partial charge >= 0.3 is 0 Å². The molecule has 40 heavy (non-hydrogen) atoms. The molecule has 7 aromatic rings. The van der Waals surface area contributed by atoms with Crippen LogP contribution in [0.2, 0.25) is 0 Å². The highest BCUT2D eigenvalue weighted by Gasteiger charge is 2.36. The summed E-state index contributed by atoms with van der Waals surface area (Å²) < 4.78 is 6.48. The molecule has 1 aliphatic carbocycles. The van der Waals surface area contributed by atoms with Crippen LogP contribution in [0.4, 0.5) is 0 Å². The van der Waals surface area contributed by atoms with Crippen LogP contribution in [-0.4, -0.2) is 15.0 Å². The van der Waals surface area contributed by atoms with Crippen LogP contribution in [0.1, 0.15) is 25.0 Å². The SMILES string of the molecule is CC1(C)c2ccccc2-c2cc3oc4cc(-c5nc(-c6ccccc6)nc(-c6ccccc6)n5)ccc4c3cc21. The first kappa shape index (κ1) is 22.9. The number of nitrogens with zero attached hydrogens (tertiary/aromatic N) is 3. The standard InChI is InChI=1S/C36H25N3O/c1-36(2)29-16-10-9-15-25(29)27-21-32-28(20-30(27)36)26-18-17-24(19-31(26)40-32)35-38-33(22-11-5-3-6-12-22)37-34(39-35)23-13-7-4-8-14-23/h3-21H,1-2H3. The van der Waals surface area contributed by atoms with Crippen molar-refractivity contribution in [3.8, 4) is 45.3 Å². The smallest absolute Gasteiger partial charge is 0.164 e. The van der Waals surface area contributed by atoms with Crippen molar-refractivity contribution in [2.45, 2.75) is 19.3 Å². The van der Waals surface area contributed by atoms with E-state index in [9.17, 15) is 0 Å². The molecule has 0 saturated heterocycles. The second kappa shape index (κ2) is 8.45. The van der Waals surface area contributed by atoms with Gasteiger partial charge in [0.1, 0.15) is 11.2 Å². The van der Waals surface area contributed by atoms with Gasteiger partial charge in [0.2, 0.25) is 0 Å². The monoisotopic (exact) mass is 515 g/mol. The Hall–Kier alpha value is -5.09. The highest BCUT2D eigenvalue weighted by Crippen LogP contribution is 2.50. The predicted molar refractivity (Wildman–Crippen MR) is 161 cm³/mol. The van der Waals surface area contributed by atoms with Gasteiger partial charge < -0.3 is 4.42 Å². The molecule has 0 aliphatic heterocycles. The Morgan fingerprint density at radius 1 is 0.475 bits per heavy atom. The van der Waals surface area contributed by atoms with Gasteiger partial charge in [-0.1, -0.05) is 105 Å². The molecular weight excluding hydrogens is 490 g/mol. The summed E-state index contributed by atoms with van der Waals surface area (Å²) in [6, 6.07) is 39.6. The molecule has 5 aromatic carbocycles. The molecule has 0 spiro atoms. The van der Waals surface area contributed by atoms with E-state index in [2.05, 4.69) is 68.4 Å². The number of aromatic nitrogens is 3. The topological polar surface area (TPSA) is 51.8 Å². The molecule has 8 rings (SSSR count). The van der Waals surface area contributed by atoms with Crippen molar-refractivity contribution in [3.05, 3.63) is 126 Å². The average Bonchev–Trinajstić information content (AvgIpc) is 3.48. The van der Waals surface area contributed by atoms with E-state index in [-0.39, 0.29) is 5.41 Å². The lowest BCUT2D eigenvalue weighted by Crippen LogP contribution is -2.14. The van der Waals surface area contributed by atoms with E-state index in [0.29, 0.717) is 17.5 Å². The zero-order valence-electron chi connectivity index (χ0n) is 22.2. The summed E-state index contributed by atoms with van der Waals surface area (Å²) in [6.45, 7) is 4.61. The van der Waals surface area contributed by atoms with Crippen molar-refractivity contribution in [3.63, 3.8) is 0 Å². The number of furan rings is 1. The van der Waals surface area contributed by atoms with Gasteiger partial charge in [-0.05, 0) is 46.5 Å². The van der Waals surface area contributed by atoms with Crippen molar-refractivity contribution in [1.82, 2.24) is 15.0 Å². The highest BCUT2D eigenvalue weighted by molar-refractivity contribution is 6.08. The van der Waals surface area contributed by atoms with Gasteiger partial charge in [-0.3, -0.25) is 0 Å². The van der Waals surface area contributed by atoms with E-state index in [1.54, 1.807) is 0 Å². The first-order valence-electron chi connectivity index (χ1n) is 13.5. The molecule has 2 heterocycles. The molecule has 190 valence electrons. The average molecular weight is 516 g/mol. The maximum absolute atomic E-state index is 6.48. The third kappa shape index (κ3) is 3.43. The molecule has 0 N–H and O–H groups in total. The maximum atomic E-state index is 6.48. The second-order valence-corrected chi connectivity index (χ2v) is 10.9. The molecule has 0 bridgehead atoms. The van der Waals surface area contributed by atoms with Gasteiger partial charge in [0.25, 0.3) is 0 Å². The Morgan fingerprint density at radius 3 is 1.73 bits per heavy atom. The maximum Gasteiger partial charge on any atom is 0.164 e. The van der Waals surface area contributed by atoms with E-state index in [4.69, 9.17) is 19.4 Å². The summed E-state index contributed by atoms with van der Waals surface area (Å²) in [5, 5.41) is 2.22. The lowest BCUT2D eigenvalue weighted by Gasteiger charge is -2.21. The molecule has 0 radical (unpaired) electrons. The Kier molecular flexibility index (Phi) is 4.83. The van der Waals surface area contributed by atoms with Gasteiger partial charge in [-0.25, -0.2) is 15.0 Å². The fourth-order valence-electron chi connectivity index (χ4n) is 6.05. The van der Waals surface area contributed by atoms with Crippen LogP contribution in [-0.2, 0) is 5.41 Å². The second-order valence-electron chi connectivity index (χ2n) is 10.9. The molecule has 1 aliphatic rings. The van der Waals surface area contributed by atoms with E-state index in [1.165, 1.54) is 22.3 Å². The van der Waals surface area contributed by atoms with Crippen molar-refractivity contribution in [2.24, 2.45) is 0 Å². The van der Waals surface area contributed by atoms with Gasteiger partial charge in [0.05, 0.1) is 0 Å². The summed E-state index contributed by atoms with van der Waals surface area (Å²) >= 11 is 0. The Morgan fingerprint density at radius 2 is 1.05 bits per heavy atom. The van der Waals surface area contributed by atoms with Crippen LogP contribution in [0.25, 0.3) is 67.2 Å².